The zero-order valence-corrected chi connectivity index (χ0v) is 26.7. The van der Waals surface area contributed by atoms with Crippen LogP contribution in [0.2, 0.25) is 0 Å². The van der Waals surface area contributed by atoms with E-state index >= 15 is 0 Å². The molecule has 0 saturated carbocycles. The Morgan fingerprint density at radius 1 is 0.442 bits per heavy atom. The van der Waals surface area contributed by atoms with E-state index in [2.05, 4.69) is 0 Å². The van der Waals surface area contributed by atoms with Crippen molar-refractivity contribution in [1.29, 1.82) is 0 Å². The minimum Gasteiger partial charge on any atom is -0.699 e. The van der Waals surface area contributed by atoms with E-state index in [1.807, 2.05) is 0 Å². The maximum absolute atomic E-state index is 11.6. The summed E-state index contributed by atoms with van der Waals surface area (Å²) in [6, 6.07) is 18.6. The summed E-state index contributed by atoms with van der Waals surface area (Å²) >= 11 is 0. The maximum Gasteiger partial charge on any atom is 0.231 e. The van der Waals surface area contributed by atoms with Crippen molar-refractivity contribution in [3.05, 3.63) is 101 Å². The Hall–Kier alpha value is -4.93. The van der Waals surface area contributed by atoms with E-state index in [0.717, 1.165) is 30.3 Å². The monoisotopic (exact) mass is 807 g/mol. The summed E-state index contributed by atoms with van der Waals surface area (Å²) in [7, 11) is 0. The Balaban J connectivity index is 0.000000298. The van der Waals surface area contributed by atoms with Crippen molar-refractivity contribution in [2.45, 2.75) is 0 Å². The van der Waals surface area contributed by atoms with Crippen molar-refractivity contribution in [3.8, 4) is 63.2 Å². The van der Waals surface area contributed by atoms with Crippen LogP contribution in [-0.2, 0) is 0 Å². The first-order valence-corrected chi connectivity index (χ1v) is 11.5. The van der Waals surface area contributed by atoms with E-state index in [1.165, 1.54) is 54.6 Å². The van der Waals surface area contributed by atoms with Gasteiger partial charge >= 0.3 is 0 Å². The molecule has 0 aliphatic rings. The number of nitrogens with one attached hydrogen (secondary N) is 1. The predicted molar refractivity (Wildman–Crippen MR) is 152 cm³/mol. The van der Waals surface area contributed by atoms with E-state index in [-0.39, 0.29) is 89.3 Å². The van der Waals surface area contributed by atoms with Gasteiger partial charge in [-0.2, -0.15) is 0 Å². The third kappa shape index (κ3) is 10.8. The summed E-state index contributed by atoms with van der Waals surface area (Å²) in [5.74, 6) is -3.93. The fraction of sp³-hybridized carbons (Fsp3) is 0. The van der Waals surface area contributed by atoms with Crippen molar-refractivity contribution in [3.63, 3.8) is 0 Å². The van der Waals surface area contributed by atoms with Gasteiger partial charge in [0.2, 0.25) is 11.2 Å². The molecule has 0 bridgehead atoms. The summed E-state index contributed by atoms with van der Waals surface area (Å²) in [6.07, 6.45) is 0. The van der Waals surface area contributed by atoms with Gasteiger partial charge in [-0.15, -0.1) is 5.69 Å². The fourth-order valence-electron chi connectivity index (χ4n) is 3.04. The zero-order chi connectivity index (χ0) is 31.6. The van der Waals surface area contributed by atoms with Crippen molar-refractivity contribution >= 4 is 16.5 Å². The zero-order valence-electron chi connectivity index (χ0n) is 22.0. The van der Waals surface area contributed by atoms with Crippen LogP contribution in [-0.4, -0.2) is 56.2 Å². The molecule has 5 rings (SSSR count). The van der Waals surface area contributed by atoms with Crippen LogP contribution >= 0.6 is 0 Å². The smallest absolute Gasteiger partial charge is 0.231 e. The number of hydrogen-bond donors (Lipinski definition) is 11. The number of benzene rings is 4. The van der Waals surface area contributed by atoms with Gasteiger partial charge in [-0.25, -0.2) is 0 Å². The van der Waals surface area contributed by atoms with Gasteiger partial charge in [0.1, 0.15) is 23.0 Å². The molecule has 13 nitrogen and oxygen atoms in total. The molecule has 0 unspecified atom stereocenters. The van der Waals surface area contributed by atoms with Crippen molar-refractivity contribution in [2.24, 2.45) is 0 Å². The molecule has 5 aromatic rings. The first-order valence-electron chi connectivity index (χ1n) is 11.5. The largest absolute Gasteiger partial charge is 0.699 e. The van der Waals surface area contributed by atoms with Gasteiger partial charge in [0, 0.05) is 62.3 Å². The molecule has 14 heteroatoms. The summed E-state index contributed by atoms with van der Waals surface area (Å²) < 4.78 is 0. The summed E-state index contributed by atoms with van der Waals surface area (Å²) in [4.78, 5) is 11.6. The van der Waals surface area contributed by atoms with E-state index in [9.17, 15) is 25.2 Å². The Labute approximate surface area is 279 Å². The molecule has 0 aromatic heterocycles. The molecular formula is C29H26AcNO12-. The summed E-state index contributed by atoms with van der Waals surface area (Å²) in [6.45, 7) is 0. The van der Waals surface area contributed by atoms with Crippen LogP contribution in [0, 0.1) is 44.1 Å². The molecule has 0 fully saturated rings. The van der Waals surface area contributed by atoms with E-state index in [4.69, 9.17) is 41.5 Å². The number of rotatable bonds is 0. The Morgan fingerprint density at radius 2 is 0.884 bits per heavy atom. The van der Waals surface area contributed by atoms with Gasteiger partial charge in [-0.05, 0) is 41.8 Å². The fourth-order valence-corrected chi connectivity index (χ4v) is 3.04. The molecule has 0 aliphatic carbocycles. The van der Waals surface area contributed by atoms with E-state index in [1.54, 1.807) is 0 Å². The Morgan fingerprint density at radius 3 is 1.33 bits per heavy atom. The number of hydrogen-bond acceptors (Lipinski definition) is 12. The molecule has 5 aromatic carbocycles. The van der Waals surface area contributed by atoms with Crippen LogP contribution in [0.1, 0.15) is 0 Å². The van der Waals surface area contributed by atoms with Gasteiger partial charge in [0.05, 0.1) is 5.39 Å². The second kappa shape index (κ2) is 16.5. The van der Waals surface area contributed by atoms with Gasteiger partial charge in [-0.1, -0.05) is 30.3 Å². The molecule has 0 spiro atoms. The molecule has 0 aliphatic heterocycles. The van der Waals surface area contributed by atoms with Crippen LogP contribution < -0.4 is 5.43 Å². The minimum absolute atomic E-state index is 0. The summed E-state index contributed by atoms with van der Waals surface area (Å²) in [5.41, 5.74) is 6.59. The standard InChI is InChI=1S/C11H8O5.C6H6NO.2C6H6O3.Ac/c12-6-3-1-2-5-4-7(13)10(15)11(16)8(5)9(6)14;7-5-1-3-6(8)4-2-5;7-4-1-5(8)3-6(9)2-4;7-4-2-1-3-5(8)6(4)9;/h1-4,13,15-16H,(H,12,14);1-4,7-8H;2*1-3,7-9H;/q;-1;;;. The Kier molecular flexibility index (Phi) is 13.8. The SMILES string of the molecule is O=c1c(O)cccc2cc(O)c(O)c(O)c12.Oc1cc(O)cc(O)c1.Oc1cccc(O)c1O.[Ac].[NH-]c1ccc(O)cc1. The number of aromatic hydroxyl groups is 11. The molecule has 223 valence electrons. The Bertz CT molecular complexity index is 1640. The average Bonchev–Trinajstić information content (AvgIpc) is 3.05. The molecule has 12 N–H and O–H groups in total. The second-order valence-corrected chi connectivity index (χ2v) is 8.20. The number of phenolic OH excluding ortho intramolecular Hbond substituents is 10. The van der Waals surface area contributed by atoms with E-state index in [0.29, 0.717) is 5.69 Å². The average molecular weight is 808 g/mol. The van der Waals surface area contributed by atoms with Crippen LogP contribution in [0.25, 0.3) is 16.5 Å². The molecule has 0 amide bonds. The molecule has 43 heavy (non-hydrogen) atoms. The third-order valence-corrected chi connectivity index (χ3v) is 5.02. The van der Waals surface area contributed by atoms with Crippen molar-refractivity contribution in [1.82, 2.24) is 0 Å². The topological polar surface area (TPSA) is 263 Å². The van der Waals surface area contributed by atoms with Crippen molar-refractivity contribution < 1.29 is 100 Å². The van der Waals surface area contributed by atoms with Gasteiger partial charge in [0.15, 0.2) is 34.5 Å². The summed E-state index contributed by atoms with van der Waals surface area (Å²) in [5, 5.41) is 98.1. The van der Waals surface area contributed by atoms with E-state index < -0.39 is 34.2 Å². The third-order valence-electron chi connectivity index (χ3n) is 5.02. The maximum atomic E-state index is 11.6. The van der Waals surface area contributed by atoms with Gasteiger partial charge < -0.3 is 61.9 Å². The van der Waals surface area contributed by atoms with Crippen LogP contribution in [0.5, 0.6) is 63.2 Å². The first kappa shape index (κ1) is 36.1. The quantitative estimate of drug-likeness (QED) is 0.0751. The molecule has 0 atom stereocenters. The normalized spacial score (nSPS) is 9.49. The second-order valence-electron chi connectivity index (χ2n) is 8.20. The number of fused-ring (bicyclic) bond motifs is 1. The molecular weight excluding hydrogens is 781 g/mol. The molecule has 0 saturated heterocycles. The van der Waals surface area contributed by atoms with Crippen molar-refractivity contribution in [2.75, 3.05) is 0 Å². The molecule has 1 radical (unpaired) electrons. The number of phenols is 10. The number of para-hydroxylation sites is 1. The van der Waals surface area contributed by atoms with Gasteiger partial charge in [0.25, 0.3) is 0 Å². The van der Waals surface area contributed by atoms with Crippen LogP contribution in [0.4, 0.5) is 5.69 Å². The predicted octanol–water partition coefficient (Wildman–Crippen LogP) is 4.71. The van der Waals surface area contributed by atoms with Crippen LogP contribution in [0.15, 0.2) is 89.7 Å². The first-order chi connectivity index (χ1) is 19.7. The van der Waals surface area contributed by atoms with Crippen LogP contribution in [0.3, 0.4) is 0 Å². The molecule has 0 heterocycles. The minimum atomic E-state index is -0.812. The van der Waals surface area contributed by atoms with Gasteiger partial charge in [-0.3, -0.25) is 4.79 Å².